The van der Waals surface area contributed by atoms with Crippen molar-refractivity contribution >= 4 is 42.5 Å². The van der Waals surface area contributed by atoms with Crippen molar-refractivity contribution in [2.45, 2.75) is 39.5 Å². The van der Waals surface area contributed by atoms with Gasteiger partial charge in [-0.25, -0.2) is 0 Å². The Morgan fingerprint density at radius 1 is 0.789 bits per heavy atom. The maximum absolute atomic E-state index is 11.9. The van der Waals surface area contributed by atoms with Crippen LogP contribution in [0.4, 0.5) is 0 Å². The van der Waals surface area contributed by atoms with Crippen LogP contribution in [0.5, 0.6) is 11.5 Å². The molecule has 1 N–H and O–H groups in total. The molecule has 0 aliphatic rings. The van der Waals surface area contributed by atoms with Gasteiger partial charge < -0.3 is 0 Å². The molecule has 3 nitrogen and oxygen atoms in total. The molecular weight excluding hydrogens is 555 g/mol. The first-order valence-electron chi connectivity index (χ1n) is 13.3. The second-order valence-electron chi connectivity index (χ2n) is 9.71. The minimum atomic E-state index is -2.94. The summed E-state index contributed by atoms with van der Waals surface area (Å²) >= 11 is 4.50. The molecule has 0 aliphatic carbocycles. The van der Waals surface area contributed by atoms with E-state index in [0.717, 1.165) is 31.0 Å². The van der Waals surface area contributed by atoms with E-state index in [9.17, 15) is 9.90 Å². The molecule has 198 valence electrons. The second-order valence-corrected chi connectivity index (χ2v) is 18.8. The summed E-state index contributed by atoms with van der Waals surface area (Å²) in [6.07, 6.45) is 4.27. The SMILES string of the molecule is CCCc1c(OCCCCP(Br)(c2ccccc2)(c2ccccc2)c2ccccc2)ccc(C(C)=O)c1O. The number of hydrogen-bond donors (Lipinski definition) is 1. The molecule has 0 bridgehead atoms. The van der Waals surface area contributed by atoms with Crippen molar-refractivity contribution < 1.29 is 14.6 Å². The molecular formula is C33H36BrO3P. The third kappa shape index (κ3) is 5.44. The summed E-state index contributed by atoms with van der Waals surface area (Å²) in [5, 5.41) is 11.7. The third-order valence-electron chi connectivity index (χ3n) is 7.23. The number of ketones is 1. The standard InChI is InChI=1S/C33H36BrO3P/c1-3-15-31-32(23-22-30(26(2)35)33(31)36)37-24-13-14-25-38(34,27-16-7-4-8-17-27,28-18-9-5-10-19-28)29-20-11-6-12-21-29/h4-12,16-23,36H,3,13-15,24-25H2,1-2H3. The number of aromatic hydroxyl groups is 1. The Hall–Kier alpha value is -2.94. The van der Waals surface area contributed by atoms with Gasteiger partial charge in [0.15, 0.2) is 0 Å². The topological polar surface area (TPSA) is 46.5 Å². The number of rotatable bonds is 12. The Balaban J connectivity index is 1.61. The van der Waals surface area contributed by atoms with Gasteiger partial charge in [0.25, 0.3) is 0 Å². The molecule has 5 heteroatoms. The fourth-order valence-corrected chi connectivity index (χ4v) is 13.0. The van der Waals surface area contributed by atoms with Gasteiger partial charge in [-0.3, -0.25) is 0 Å². The molecule has 4 aromatic carbocycles. The Morgan fingerprint density at radius 3 is 1.74 bits per heavy atom. The van der Waals surface area contributed by atoms with E-state index in [4.69, 9.17) is 4.74 Å². The van der Waals surface area contributed by atoms with Crippen LogP contribution in [0.1, 0.15) is 49.0 Å². The Bertz CT molecular complexity index is 1260. The third-order valence-corrected chi connectivity index (χ3v) is 17.3. The predicted molar refractivity (Wildman–Crippen MR) is 166 cm³/mol. The van der Waals surface area contributed by atoms with Gasteiger partial charge in [-0.15, -0.1) is 0 Å². The van der Waals surface area contributed by atoms with Crippen LogP contribution in [-0.4, -0.2) is 23.7 Å². The molecule has 0 atom stereocenters. The molecule has 0 saturated carbocycles. The summed E-state index contributed by atoms with van der Waals surface area (Å²) in [5.74, 6) is 0.581. The van der Waals surface area contributed by atoms with Crippen molar-refractivity contribution in [3.05, 3.63) is 114 Å². The van der Waals surface area contributed by atoms with Gasteiger partial charge in [0, 0.05) is 0 Å². The number of halogens is 1. The van der Waals surface area contributed by atoms with Gasteiger partial charge in [-0.2, -0.15) is 0 Å². The maximum atomic E-state index is 11.9. The molecule has 0 fully saturated rings. The number of phenolic OH excluding ortho intramolecular Hbond substituents is 1. The first-order chi connectivity index (χ1) is 18.4. The average molecular weight is 592 g/mol. The zero-order chi connectivity index (χ0) is 27.0. The van der Waals surface area contributed by atoms with Gasteiger partial charge in [-0.1, -0.05) is 0 Å². The van der Waals surface area contributed by atoms with Crippen molar-refractivity contribution in [2.24, 2.45) is 0 Å². The molecule has 0 amide bonds. The monoisotopic (exact) mass is 590 g/mol. The van der Waals surface area contributed by atoms with Gasteiger partial charge in [-0.05, 0) is 0 Å². The number of unbranched alkanes of at least 4 members (excludes halogenated alkanes) is 1. The summed E-state index contributed by atoms with van der Waals surface area (Å²) in [6, 6.07) is 35.9. The normalized spacial score (nSPS) is 12.4. The fraction of sp³-hybridized carbons (Fsp3) is 0.242. The van der Waals surface area contributed by atoms with Crippen LogP contribution >= 0.6 is 20.8 Å². The van der Waals surface area contributed by atoms with E-state index < -0.39 is 5.31 Å². The first-order valence-corrected chi connectivity index (χ1v) is 17.7. The van der Waals surface area contributed by atoms with Crippen LogP contribution in [0.15, 0.2) is 103 Å². The second kappa shape index (κ2) is 12.3. The van der Waals surface area contributed by atoms with E-state index in [1.165, 1.54) is 22.8 Å². The molecule has 4 aromatic rings. The van der Waals surface area contributed by atoms with Crippen LogP contribution in [0, 0.1) is 0 Å². The zero-order valence-electron chi connectivity index (χ0n) is 22.1. The number of carbonyl (C=O) groups is 1. The van der Waals surface area contributed by atoms with Crippen molar-refractivity contribution in [1.29, 1.82) is 0 Å². The van der Waals surface area contributed by atoms with E-state index in [1.807, 2.05) is 6.07 Å². The Morgan fingerprint density at radius 2 is 1.29 bits per heavy atom. The average Bonchev–Trinajstić information content (AvgIpc) is 2.96. The Labute approximate surface area is 234 Å². The summed E-state index contributed by atoms with van der Waals surface area (Å²) in [7, 11) is 0. The molecule has 0 radical (unpaired) electrons. The van der Waals surface area contributed by atoms with E-state index in [2.05, 4.69) is 113 Å². The Kier molecular flexibility index (Phi) is 9.07. The van der Waals surface area contributed by atoms with Crippen LogP contribution in [0.3, 0.4) is 0 Å². The number of carbonyl (C=O) groups excluding carboxylic acids is 1. The summed E-state index contributed by atoms with van der Waals surface area (Å²) in [5.41, 5.74) is 1.07. The van der Waals surface area contributed by atoms with Crippen molar-refractivity contribution in [2.75, 3.05) is 12.8 Å². The number of ether oxygens (including phenoxy) is 1. The van der Waals surface area contributed by atoms with E-state index in [1.54, 1.807) is 6.07 Å². The van der Waals surface area contributed by atoms with Crippen LogP contribution in [0.25, 0.3) is 0 Å². The number of benzene rings is 4. The number of hydrogen-bond acceptors (Lipinski definition) is 3. The van der Waals surface area contributed by atoms with Gasteiger partial charge >= 0.3 is 235 Å². The molecule has 4 rings (SSSR count). The number of phenols is 1. The fourth-order valence-electron chi connectivity index (χ4n) is 5.27. The van der Waals surface area contributed by atoms with Crippen molar-refractivity contribution in [3.63, 3.8) is 0 Å². The van der Waals surface area contributed by atoms with Crippen LogP contribution in [0.2, 0.25) is 0 Å². The quantitative estimate of drug-likeness (QED) is 0.105. The first kappa shape index (κ1) is 28.1. The minimum absolute atomic E-state index is 0.0551. The zero-order valence-corrected chi connectivity index (χ0v) is 24.6. The molecule has 0 spiro atoms. The summed E-state index contributed by atoms with van der Waals surface area (Å²) in [6.45, 7) is 4.07. The van der Waals surface area contributed by atoms with Crippen molar-refractivity contribution in [1.82, 2.24) is 0 Å². The van der Waals surface area contributed by atoms with E-state index in [-0.39, 0.29) is 11.5 Å². The van der Waals surface area contributed by atoms with Gasteiger partial charge in [0.1, 0.15) is 0 Å². The molecule has 0 unspecified atom stereocenters. The number of Topliss-reactive ketones (excluding diaryl/α,β-unsaturated/α-hetero) is 1. The predicted octanol–water partition coefficient (Wildman–Crippen LogP) is 7.55. The van der Waals surface area contributed by atoms with Gasteiger partial charge in [0.2, 0.25) is 0 Å². The summed E-state index contributed by atoms with van der Waals surface area (Å²) in [4.78, 5) is 11.9. The van der Waals surface area contributed by atoms with E-state index in [0.29, 0.717) is 24.3 Å². The van der Waals surface area contributed by atoms with Crippen molar-refractivity contribution in [3.8, 4) is 11.5 Å². The summed E-state index contributed by atoms with van der Waals surface area (Å²) < 4.78 is 6.20. The van der Waals surface area contributed by atoms with Crippen LogP contribution in [-0.2, 0) is 6.42 Å². The molecule has 0 heterocycles. The van der Waals surface area contributed by atoms with E-state index >= 15 is 0 Å². The molecule has 0 aromatic heterocycles. The molecule has 0 saturated heterocycles. The van der Waals surface area contributed by atoms with Crippen LogP contribution < -0.4 is 20.7 Å². The molecule has 0 aliphatic heterocycles. The molecule has 38 heavy (non-hydrogen) atoms. The van der Waals surface area contributed by atoms with Gasteiger partial charge in [0.05, 0.1) is 0 Å².